The third kappa shape index (κ3) is 3.91. The number of nitrogens with one attached hydrogen (secondary N) is 1. The molecule has 1 aromatic carbocycles. The van der Waals surface area contributed by atoms with Crippen molar-refractivity contribution in [2.75, 3.05) is 12.8 Å². The highest BCUT2D eigenvalue weighted by molar-refractivity contribution is 7.21. The van der Waals surface area contributed by atoms with Gasteiger partial charge in [0, 0.05) is 46.0 Å². The van der Waals surface area contributed by atoms with Crippen LogP contribution in [0, 0.1) is 0 Å². The Bertz CT molecular complexity index is 1400. The minimum absolute atomic E-state index is 0.00358. The van der Waals surface area contributed by atoms with Gasteiger partial charge in [-0.25, -0.2) is 4.98 Å². The van der Waals surface area contributed by atoms with Gasteiger partial charge in [-0.15, -0.1) is 22.7 Å². The van der Waals surface area contributed by atoms with Gasteiger partial charge >= 0.3 is 0 Å². The van der Waals surface area contributed by atoms with Crippen LogP contribution in [-0.2, 0) is 17.8 Å². The molecular weight excluding hydrogens is 468 g/mol. The van der Waals surface area contributed by atoms with Crippen molar-refractivity contribution in [2.45, 2.75) is 31.7 Å². The second-order valence-corrected chi connectivity index (χ2v) is 10.2. The van der Waals surface area contributed by atoms with Crippen LogP contribution < -0.4 is 21.5 Å². The Hall–Kier alpha value is -3.43. The van der Waals surface area contributed by atoms with Crippen LogP contribution in [0.1, 0.15) is 45.3 Å². The van der Waals surface area contributed by atoms with Crippen LogP contribution in [0.4, 0.5) is 5.69 Å². The SMILES string of the molecule is COc1ccccc1CNC(=O)CC1CCc2c1nc1sc(C(N)=O)c(N)c1c2-c1cccs1. The number of hydrogen-bond donors (Lipinski definition) is 3. The van der Waals surface area contributed by atoms with E-state index < -0.39 is 5.91 Å². The number of hydrogen-bond acceptors (Lipinski definition) is 7. The lowest BCUT2D eigenvalue weighted by Gasteiger charge is -2.14. The molecule has 7 nitrogen and oxygen atoms in total. The molecule has 0 aliphatic heterocycles. The number of thiophene rings is 2. The van der Waals surface area contributed by atoms with Crippen LogP contribution in [0.5, 0.6) is 5.75 Å². The first kappa shape index (κ1) is 22.4. The van der Waals surface area contributed by atoms with Crippen LogP contribution in [0.2, 0.25) is 0 Å². The summed E-state index contributed by atoms with van der Waals surface area (Å²) in [5.74, 6) is 0.159. The number of nitrogens with zero attached hydrogens (tertiary/aromatic N) is 1. The molecule has 1 unspecified atom stereocenters. The molecule has 0 radical (unpaired) electrons. The van der Waals surface area contributed by atoms with Gasteiger partial charge in [-0.05, 0) is 35.9 Å². The Morgan fingerprint density at radius 1 is 1.24 bits per heavy atom. The lowest BCUT2D eigenvalue weighted by molar-refractivity contribution is -0.121. The highest BCUT2D eigenvalue weighted by atomic mass is 32.1. The number of anilines is 1. The number of rotatable bonds is 7. The zero-order chi connectivity index (χ0) is 23.8. The minimum atomic E-state index is -0.551. The number of methoxy groups -OCH3 is 1. The second-order valence-electron chi connectivity index (χ2n) is 8.25. The Balaban J connectivity index is 1.46. The second kappa shape index (κ2) is 9.08. The molecule has 0 bridgehead atoms. The highest BCUT2D eigenvalue weighted by Gasteiger charge is 2.32. The maximum absolute atomic E-state index is 12.9. The molecule has 1 aliphatic carbocycles. The molecule has 3 aromatic heterocycles. The fourth-order valence-electron chi connectivity index (χ4n) is 4.67. The molecule has 174 valence electrons. The van der Waals surface area contributed by atoms with Crippen LogP contribution in [-0.4, -0.2) is 23.9 Å². The van der Waals surface area contributed by atoms with E-state index in [1.165, 1.54) is 11.3 Å². The fraction of sp³-hybridized carbons (Fsp3) is 0.240. The first-order valence-electron chi connectivity index (χ1n) is 10.9. The number of carbonyl (C=O) groups is 2. The van der Waals surface area contributed by atoms with Gasteiger partial charge in [-0.2, -0.15) is 0 Å². The number of aromatic nitrogens is 1. The highest BCUT2D eigenvalue weighted by Crippen LogP contribution is 2.48. The summed E-state index contributed by atoms with van der Waals surface area (Å²) >= 11 is 2.84. The number of amides is 2. The van der Waals surface area contributed by atoms with Crippen molar-refractivity contribution in [1.29, 1.82) is 0 Å². The van der Waals surface area contributed by atoms with E-state index in [9.17, 15) is 9.59 Å². The number of pyridine rings is 1. The molecule has 5 N–H and O–H groups in total. The molecule has 0 spiro atoms. The average molecular weight is 493 g/mol. The summed E-state index contributed by atoms with van der Waals surface area (Å²) in [5.41, 5.74) is 16.3. The largest absolute Gasteiger partial charge is 0.496 e. The summed E-state index contributed by atoms with van der Waals surface area (Å²) in [6, 6.07) is 11.7. The lowest BCUT2D eigenvalue weighted by atomic mass is 9.98. The molecule has 5 rings (SSSR count). The molecule has 34 heavy (non-hydrogen) atoms. The fourth-order valence-corrected chi connectivity index (χ4v) is 6.43. The van der Waals surface area contributed by atoms with Crippen molar-refractivity contribution < 1.29 is 14.3 Å². The van der Waals surface area contributed by atoms with E-state index in [4.69, 9.17) is 21.2 Å². The van der Waals surface area contributed by atoms with E-state index in [-0.39, 0.29) is 11.8 Å². The van der Waals surface area contributed by atoms with Crippen molar-refractivity contribution in [2.24, 2.45) is 5.73 Å². The molecule has 0 saturated heterocycles. The van der Waals surface area contributed by atoms with Gasteiger partial charge < -0.3 is 21.5 Å². The first-order valence-corrected chi connectivity index (χ1v) is 12.6. The van der Waals surface area contributed by atoms with E-state index in [2.05, 4.69) is 5.32 Å². The maximum Gasteiger partial charge on any atom is 0.260 e. The van der Waals surface area contributed by atoms with Crippen molar-refractivity contribution in [3.8, 4) is 16.2 Å². The summed E-state index contributed by atoms with van der Waals surface area (Å²) in [7, 11) is 1.62. The predicted molar refractivity (Wildman–Crippen MR) is 136 cm³/mol. The topological polar surface area (TPSA) is 120 Å². The Morgan fingerprint density at radius 2 is 2.06 bits per heavy atom. The third-order valence-electron chi connectivity index (χ3n) is 6.23. The molecule has 9 heteroatoms. The number of benzene rings is 1. The van der Waals surface area contributed by atoms with E-state index in [1.54, 1.807) is 18.4 Å². The number of carbonyl (C=O) groups excluding carboxylic acids is 2. The number of primary amides is 1. The number of nitrogens with two attached hydrogens (primary N) is 2. The van der Waals surface area contributed by atoms with Crippen molar-refractivity contribution in [3.63, 3.8) is 0 Å². The van der Waals surface area contributed by atoms with Gasteiger partial charge in [0.05, 0.1) is 12.8 Å². The van der Waals surface area contributed by atoms with Gasteiger partial charge in [0.25, 0.3) is 5.91 Å². The molecule has 0 fully saturated rings. The van der Waals surface area contributed by atoms with Crippen molar-refractivity contribution in [3.05, 3.63) is 63.5 Å². The van der Waals surface area contributed by atoms with E-state index in [0.717, 1.165) is 51.2 Å². The number of nitrogen functional groups attached to an aromatic ring is 1. The van der Waals surface area contributed by atoms with Crippen LogP contribution >= 0.6 is 22.7 Å². The predicted octanol–water partition coefficient (Wildman–Crippen LogP) is 4.45. The lowest BCUT2D eigenvalue weighted by Crippen LogP contribution is -2.24. The number of fused-ring (bicyclic) bond motifs is 2. The smallest absolute Gasteiger partial charge is 0.260 e. The zero-order valence-corrected chi connectivity index (χ0v) is 20.2. The molecule has 2 amide bonds. The molecule has 4 aromatic rings. The van der Waals surface area contributed by atoms with Gasteiger partial charge in [0.2, 0.25) is 5.91 Å². The molecule has 1 aliphatic rings. The normalized spacial score (nSPS) is 14.8. The average Bonchev–Trinajstić information content (AvgIpc) is 3.57. The van der Waals surface area contributed by atoms with E-state index in [1.807, 2.05) is 41.8 Å². The first-order chi connectivity index (χ1) is 16.5. The summed E-state index contributed by atoms with van der Waals surface area (Å²) in [6.45, 7) is 0.402. The van der Waals surface area contributed by atoms with Crippen molar-refractivity contribution >= 4 is 50.4 Å². The summed E-state index contributed by atoms with van der Waals surface area (Å²) < 4.78 is 5.37. The van der Waals surface area contributed by atoms with E-state index in [0.29, 0.717) is 28.4 Å². The van der Waals surface area contributed by atoms with Crippen LogP contribution in [0.3, 0.4) is 0 Å². The Labute approximate surface area is 204 Å². The van der Waals surface area contributed by atoms with Gasteiger partial charge in [-0.1, -0.05) is 24.3 Å². The summed E-state index contributed by atoms with van der Waals surface area (Å²) in [5, 5.41) is 5.83. The third-order valence-corrected chi connectivity index (χ3v) is 8.23. The van der Waals surface area contributed by atoms with Crippen molar-refractivity contribution in [1.82, 2.24) is 10.3 Å². The standard InChI is InChI=1S/C25H24N4O3S2/c1-32-16-6-3-2-5-14(16)12-28-18(30)11-13-8-9-15-19(17-7-4-10-33-17)20-21(26)23(24(27)31)34-25(20)29-22(13)15/h2-7,10,13H,8-9,11-12,26H2,1H3,(H2,27,31)(H,28,30). The minimum Gasteiger partial charge on any atom is -0.496 e. The molecule has 0 saturated carbocycles. The van der Waals surface area contributed by atoms with Gasteiger partial charge in [0.1, 0.15) is 15.5 Å². The zero-order valence-electron chi connectivity index (χ0n) is 18.6. The Kier molecular flexibility index (Phi) is 5.97. The van der Waals surface area contributed by atoms with Gasteiger partial charge in [-0.3, -0.25) is 9.59 Å². The quantitative estimate of drug-likeness (QED) is 0.352. The molecular formula is C25H24N4O3S2. The van der Waals surface area contributed by atoms with Crippen LogP contribution in [0.25, 0.3) is 20.7 Å². The monoisotopic (exact) mass is 492 g/mol. The summed E-state index contributed by atoms with van der Waals surface area (Å²) in [4.78, 5) is 31.8. The Morgan fingerprint density at radius 3 is 2.79 bits per heavy atom. The van der Waals surface area contributed by atoms with Gasteiger partial charge in [0.15, 0.2) is 0 Å². The molecule has 1 atom stereocenters. The van der Waals surface area contributed by atoms with E-state index >= 15 is 0 Å². The summed E-state index contributed by atoms with van der Waals surface area (Å²) in [6.07, 6.45) is 1.98. The number of para-hydroxylation sites is 1. The maximum atomic E-state index is 12.9. The molecule has 3 heterocycles. The number of ether oxygens (including phenoxy) is 1. The van der Waals surface area contributed by atoms with Crippen LogP contribution in [0.15, 0.2) is 41.8 Å².